The lowest BCUT2D eigenvalue weighted by Gasteiger charge is -1.98. The zero-order valence-corrected chi connectivity index (χ0v) is 12.9. The monoisotopic (exact) mass is 256 g/mol. The van der Waals surface area contributed by atoms with Crippen molar-refractivity contribution >= 4 is 11.8 Å². The summed E-state index contributed by atoms with van der Waals surface area (Å²) >= 11 is 2.07. The standard InChI is InChI=1S/C16H32S/c1-3-5-6-7-8-9-10-11-12-13-14-15-16-17-4-2/h10-11H,3-9,12-16H2,1-2H3/b11-10-. The molecule has 0 heterocycles. The summed E-state index contributed by atoms with van der Waals surface area (Å²) in [6.45, 7) is 4.52. The Morgan fingerprint density at radius 3 is 1.88 bits per heavy atom. The molecule has 0 aromatic rings. The third kappa shape index (κ3) is 16.1. The molecule has 0 radical (unpaired) electrons. The molecule has 0 aliphatic heterocycles. The van der Waals surface area contributed by atoms with Crippen molar-refractivity contribution in [2.75, 3.05) is 11.5 Å². The topological polar surface area (TPSA) is 0 Å². The van der Waals surface area contributed by atoms with Crippen molar-refractivity contribution in [1.29, 1.82) is 0 Å². The van der Waals surface area contributed by atoms with Crippen LogP contribution in [0.2, 0.25) is 0 Å². The van der Waals surface area contributed by atoms with Gasteiger partial charge in [-0.15, -0.1) is 0 Å². The van der Waals surface area contributed by atoms with Crippen LogP contribution in [-0.4, -0.2) is 11.5 Å². The number of rotatable bonds is 13. The molecular formula is C16H32S. The third-order valence-electron chi connectivity index (χ3n) is 3.00. The van der Waals surface area contributed by atoms with Gasteiger partial charge in [0.05, 0.1) is 0 Å². The number of allylic oxidation sites excluding steroid dienone is 2. The molecule has 0 unspecified atom stereocenters. The lowest BCUT2D eigenvalue weighted by Crippen LogP contribution is -1.81. The zero-order chi connectivity index (χ0) is 12.6. The summed E-state index contributed by atoms with van der Waals surface area (Å²) < 4.78 is 0. The van der Waals surface area contributed by atoms with Crippen molar-refractivity contribution in [3.63, 3.8) is 0 Å². The van der Waals surface area contributed by atoms with Crippen LogP contribution >= 0.6 is 11.8 Å². The summed E-state index contributed by atoms with van der Waals surface area (Å²) in [5.74, 6) is 2.63. The number of unbranched alkanes of at least 4 members (excludes halogenated alkanes) is 8. The van der Waals surface area contributed by atoms with Crippen LogP contribution in [0.25, 0.3) is 0 Å². The van der Waals surface area contributed by atoms with Crippen molar-refractivity contribution < 1.29 is 0 Å². The van der Waals surface area contributed by atoms with Crippen LogP contribution in [0.1, 0.15) is 78.1 Å². The lowest BCUT2D eigenvalue weighted by molar-refractivity contribution is 0.636. The summed E-state index contributed by atoms with van der Waals surface area (Å²) in [4.78, 5) is 0. The van der Waals surface area contributed by atoms with E-state index >= 15 is 0 Å². The van der Waals surface area contributed by atoms with E-state index in [0.29, 0.717) is 0 Å². The summed E-state index contributed by atoms with van der Waals surface area (Å²) in [7, 11) is 0. The second kappa shape index (κ2) is 16.1. The summed E-state index contributed by atoms with van der Waals surface area (Å²) in [5.41, 5.74) is 0. The first-order valence-corrected chi connectivity index (χ1v) is 8.80. The van der Waals surface area contributed by atoms with Crippen molar-refractivity contribution in [2.45, 2.75) is 78.1 Å². The molecule has 0 N–H and O–H groups in total. The fraction of sp³-hybridized carbons (Fsp3) is 0.875. The van der Waals surface area contributed by atoms with Gasteiger partial charge in [0.2, 0.25) is 0 Å². The normalized spacial score (nSPS) is 11.4. The van der Waals surface area contributed by atoms with E-state index in [0.717, 1.165) is 0 Å². The summed E-state index contributed by atoms with van der Waals surface area (Å²) in [5, 5.41) is 0. The highest BCUT2D eigenvalue weighted by molar-refractivity contribution is 7.99. The van der Waals surface area contributed by atoms with Gasteiger partial charge in [-0.25, -0.2) is 0 Å². The van der Waals surface area contributed by atoms with Gasteiger partial charge >= 0.3 is 0 Å². The van der Waals surface area contributed by atoms with Gasteiger partial charge in [0.1, 0.15) is 0 Å². The average Bonchev–Trinajstić information content (AvgIpc) is 2.35. The molecule has 0 atom stereocenters. The predicted molar refractivity (Wildman–Crippen MR) is 84.0 cm³/mol. The first-order chi connectivity index (χ1) is 8.41. The number of thioether (sulfide) groups is 1. The van der Waals surface area contributed by atoms with Crippen LogP contribution < -0.4 is 0 Å². The van der Waals surface area contributed by atoms with Crippen LogP contribution in [0.3, 0.4) is 0 Å². The molecule has 0 saturated heterocycles. The molecule has 17 heavy (non-hydrogen) atoms. The van der Waals surface area contributed by atoms with Crippen LogP contribution in [0, 0.1) is 0 Å². The van der Waals surface area contributed by atoms with Crippen molar-refractivity contribution in [2.24, 2.45) is 0 Å². The Labute approximate surface area is 114 Å². The van der Waals surface area contributed by atoms with Gasteiger partial charge in [-0.05, 0) is 43.6 Å². The SMILES string of the molecule is CCCCCCC/C=C\CCCCCSCC. The molecule has 0 spiro atoms. The smallest absolute Gasteiger partial charge is 0.00676 e. The molecule has 0 aromatic carbocycles. The molecule has 0 amide bonds. The van der Waals surface area contributed by atoms with Gasteiger partial charge in [0.15, 0.2) is 0 Å². The van der Waals surface area contributed by atoms with E-state index in [-0.39, 0.29) is 0 Å². The summed E-state index contributed by atoms with van der Waals surface area (Å²) in [6.07, 6.45) is 18.6. The van der Waals surface area contributed by atoms with Gasteiger partial charge in [0, 0.05) is 0 Å². The second-order valence-corrected chi connectivity index (χ2v) is 6.11. The number of hydrogen-bond acceptors (Lipinski definition) is 1. The van der Waals surface area contributed by atoms with Gasteiger partial charge in [0.25, 0.3) is 0 Å². The minimum atomic E-state index is 1.28. The Kier molecular flexibility index (Phi) is 16.2. The average molecular weight is 256 g/mol. The highest BCUT2D eigenvalue weighted by Crippen LogP contribution is 2.08. The highest BCUT2D eigenvalue weighted by Gasteiger charge is 1.89. The molecule has 0 aliphatic rings. The largest absolute Gasteiger partial charge is 0.162 e. The van der Waals surface area contributed by atoms with E-state index in [1.54, 1.807) is 0 Å². The van der Waals surface area contributed by atoms with Gasteiger partial charge in [-0.3, -0.25) is 0 Å². The van der Waals surface area contributed by atoms with Crippen molar-refractivity contribution in [3.8, 4) is 0 Å². The number of hydrogen-bond donors (Lipinski definition) is 0. The van der Waals surface area contributed by atoms with E-state index < -0.39 is 0 Å². The molecule has 0 saturated carbocycles. The first-order valence-electron chi connectivity index (χ1n) is 7.64. The van der Waals surface area contributed by atoms with E-state index in [1.807, 2.05) is 0 Å². The molecule has 0 rings (SSSR count). The molecular weight excluding hydrogens is 224 g/mol. The minimum absolute atomic E-state index is 1.28. The molecule has 0 nitrogen and oxygen atoms in total. The predicted octanol–water partition coefficient (Wildman–Crippen LogP) is 6.22. The third-order valence-corrected chi connectivity index (χ3v) is 3.99. The molecule has 1 heteroatoms. The molecule has 0 aliphatic carbocycles. The van der Waals surface area contributed by atoms with Crippen molar-refractivity contribution in [3.05, 3.63) is 12.2 Å². The first kappa shape index (κ1) is 17.1. The maximum absolute atomic E-state index is 2.40. The fourth-order valence-electron chi connectivity index (χ4n) is 1.89. The Morgan fingerprint density at radius 2 is 1.29 bits per heavy atom. The van der Waals surface area contributed by atoms with Gasteiger partial charge < -0.3 is 0 Å². The Morgan fingerprint density at radius 1 is 0.706 bits per heavy atom. The summed E-state index contributed by atoms with van der Waals surface area (Å²) in [6, 6.07) is 0. The lowest BCUT2D eigenvalue weighted by atomic mass is 10.1. The maximum Gasteiger partial charge on any atom is -0.00676 e. The van der Waals surface area contributed by atoms with Crippen LogP contribution in [0.4, 0.5) is 0 Å². The van der Waals surface area contributed by atoms with E-state index in [9.17, 15) is 0 Å². The molecule has 0 fully saturated rings. The molecule has 0 aromatic heterocycles. The van der Waals surface area contributed by atoms with E-state index in [2.05, 4.69) is 37.8 Å². The van der Waals surface area contributed by atoms with Crippen LogP contribution in [-0.2, 0) is 0 Å². The van der Waals surface area contributed by atoms with Crippen LogP contribution in [0.15, 0.2) is 12.2 Å². The molecule has 0 bridgehead atoms. The van der Waals surface area contributed by atoms with E-state index in [1.165, 1.54) is 75.7 Å². The minimum Gasteiger partial charge on any atom is -0.162 e. The van der Waals surface area contributed by atoms with Gasteiger partial charge in [-0.1, -0.05) is 58.1 Å². The Bertz CT molecular complexity index is 152. The zero-order valence-electron chi connectivity index (χ0n) is 12.0. The van der Waals surface area contributed by atoms with Gasteiger partial charge in [-0.2, -0.15) is 11.8 Å². The van der Waals surface area contributed by atoms with Crippen LogP contribution in [0.5, 0.6) is 0 Å². The highest BCUT2D eigenvalue weighted by atomic mass is 32.2. The quantitative estimate of drug-likeness (QED) is 0.278. The Hall–Kier alpha value is 0.0900. The second-order valence-electron chi connectivity index (χ2n) is 4.72. The van der Waals surface area contributed by atoms with Crippen molar-refractivity contribution in [1.82, 2.24) is 0 Å². The fourth-order valence-corrected chi connectivity index (χ4v) is 2.59. The Balaban J connectivity index is 2.99. The maximum atomic E-state index is 2.40. The molecule has 102 valence electrons. The van der Waals surface area contributed by atoms with E-state index in [4.69, 9.17) is 0 Å².